The van der Waals surface area contributed by atoms with Gasteiger partial charge in [-0.3, -0.25) is 9.79 Å². The van der Waals surface area contributed by atoms with Gasteiger partial charge in [-0.2, -0.15) is 0 Å². The molecule has 110 valence electrons. The van der Waals surface area contributed by atoms with Gasteiger partial charge in [-0.05, 0) is 29.1 Å². The van der Waals surface area contributed by atoms with Crippen LogP contribution in [0.5, 0.6) is 0 Å². The highest BCUT2D eigenvalue weighted by Gasteiger charge is 2.26. The summed E-state index contributed by atoms with van der Waals surface area (Å²) in [5.74, 6) is -0.0626. The van der Waals surface area contributed by atoms with Crippen molar-refractivity contribution in [3.8, 4) is 0 Å². The van der Waals surface area contributed by atoms with Gasteiger partial charge in [0.25, 0.3) is 5.91 Å². The first-order chi connectivity index (χ1) is 10.8. The Morgan fingerprint density at radius 1 is 1.23 bits per heavy atom. The molecule has 0 saturated heterocycles. The van der Waals surface area contributed by atoms with E-state index in [1.54, 1.807) is 11.8 Å². The molecule has 0 aliphatic carbocycles. The van der Waals surface area contributed by atoms with Gasteiger partial charge in [0.2, 0.25) is 0 Å². The lowest BCUT2D eigenvalue weighted by Gasteiger charge is -2.16. The van der Waals surface area contributed by atoms with Crippen LogP contribution in [0.4, 0.5) is 5.69 Å². The van der Waals surface area contributed by atoms with Crippen molar-refractivity contribution in [1.82, 2.24) is 4.90 Å². The normalized spacial score (nSPS) is 16.3. The van der Waals surface area contributed by atoms with Gasteiger partial charge in [0, 0.05) is 17.6 Å². The Bertz CT molecular complexity index is 763. The van der Waals surface area contributed by atoms with Crippen LogP contribution in [0.1, 0.15) is 15.2 Å². The van der Waals surface area contributed by atoms with Gasteiger partial charge in [-0.1, -0.05) is 30.0 Å². The smallest absolute Gasteiger partial charge is 0.265 e. The number of amides is 1. The number of anilines is 1. The lowest BCUT2D eigenvalue weighted by molar-refractivity contribution is 0.103. The molecule has 3 heterocycles. The minimum Gasteiger partial charge on any atom is -0.321 e. The van der Waals surface area contributed by atoms with Crippen LogP contribution in [0, 0.1) is 0 Å². The maximum atomic E-state index is 12.0. The van der Waals surface area contributed by atoms with Crippen LogP contribution in [-0.2, 0) is 0 Å². The Hall–Kier alpha value is -2.05. The highest BCUT2D eigenvalue weighted by Crippen LogP contribution is 2.35. The first-order valence-corrected chi connectivity index (χ1v) is 8.71. The fourth-order valence-electron chi connectivity index (χ4n) is 2.47. The minimum absolute atomic E-state index is 0.0626. The second kappa shape index (κ2) is 5.62. The summed E-state index contributed by atoms with van der Waals surface area (Å²) >= 11 is 3.12. The van der Waals surface area contributed by atoms with Crippen molar-refractivity contribution in [2.24, 2.45) is 4.99 Å². The molecule has 2 aromatic rings. The molecule has 0 atom stereocenters. The number of amidine groups is 1. The molecule has 2 aliphatic rings. The third-order valence-corrected chi connectivity index (χ3v) is 5.32. The number of hydrogen-bond donors (Lipinski definition) is 1. The van der Waals surface area contributed by atoms with Crippen LogP contribution < -0.4 is 5.32 Å². The number of aliphatic imine (C=N–C) groups is 1. The molecule has 1 aromatic carbocycles. The van der Waals surface area contributed by atoms with Crippen molar-refractivity contribution in [3.63, 3.8) is 0 Å². The molecular weight excluding hydrogens is 314 g/mol. The summed E-state index contributed by atoms with van der Waals surface area (Å²) in [5, 5.41) is 8.04. The first kappa shape index (κ1) is 13.6. The quantitative estimate of drug-likeness (QED) is 0.934. The summed E-state index contributed by atoms with van der Waals surface area (Å²) in [5.41, 5.74) is 3.15. The van der Waals surface area contributed by atoms with Crippen molar-refractivity contribution in [1.29, 1.82) is 0 Å². The number of carbonyl (C=O) groups excluding carboxylic acids is 1. The Kier molecular flexibility index (Phi) is 3.48. The summed E-state index contributed by atoms with van der Waals surface area (Å²) in [6.07, 6.45) is 0. The van der Waals surface area contributed by atoms with Crippen LogP contribution in [-0.4, -0.2) is 29.1 Å². The SMILES string of the molecule is O=C(Nc1ccc(C2=CSC3=NCCN23)cc1)c1cccs1. The number of nitrogens with one attached hydrogen (secondary N) is 1. The highest BCUT2D eigenvalue weighted by atomic mass is 32.2. The molecule has 0 unspecified atom stereocenters. The average Bonchev–Trinajstić information content (AvgIpc) is 3.26. The molecule has 4 nitrogen and oxygen atoms in total. The molecule has 1 N–H and O–H groups in total. The molecule has 0 bridgehead atoms. The second-order valence-corrected chi connectivity index (χ2v) is 6.73. The van der Waals surface area contributed by atoms with E-state index in [4.69, 9.17) is 0 Å². The van der Waals surface area contributed by atoms with Crippen molar-refractivity contribution in [3.05, 3.63) is 57.6 Å². The summed E-state index contributed by atoms with van der Waals surface area (Å²) in [7, 11) is 0. The van der Waals surface area contributed by atoms with Crippen LogP contribution in [0.25, 0.3) is 5.70 Å². The van der Waals surface area contributed by atoms with E-state index in [2.05, 4.69) is 20.6 Å². The van der Waals surface area contributed by atoms with E-state index in [0.717, 1.165) is 34.4 Å². The number of hydrogen-bond acceptors (Lipinski definition) is 5. The van der Waals surface area contributed by atoms with E-state index in [1.807, 2.05) is 41.8 Å². The summed E-state index contributed by atoms with van der Waals surface area (Å²) in [6, 6.07) is 11.7. The van der Waals surface area contributed by atoms with Crippen LogP contribution >= 0.6 is 23.1 Å². The number of benzene rings is 1. The van der Waals surface area contributed by atoms with E-state index in [1.165, 1.54) is 17.0 Å². The van der Waals surface area contributed by atoms with Crippen LogP contribution in [0.15, 0.2) is 52.2 Å². The van der Waals surface area contributed by atoms with Gasteiger partial charge in [0.15, 0.2) is 5.17 Å². The van der Waals surface area contributed by atoms with E-state index in [-0.39, 0.29) is 5.91 Å². The molecule has 1 amide bonds. The average molecular weight is 327 g/mol. The third kappa shape index (κ3) is 2.44. The molecule has 4 rings (SSSR count). The Morgan fingerprint density at radius 3 is 2.86 bits per heavy atom. The summed E-state index contributed by atoms with van der Waals surface area (Å²) < 4.78 is 0. The summed E-state index contributed by atoms with van der Waals surface area (Å²) in [4.78, 5) is 19.4. The molecule has 0 saturated carbocycles. The number of thioether (sulfide) groups is 1. The van der Waals surface area contributed by atoms with Crippen molar-refractivity contribution in [2.75, 3.05) is 18.4 Å². The zero-order chi connectivity index (χ0) is 14.9. The molecule has 0 radical (unpaired) electrons. The fraction of sp³-hybridized carbons (Fsp3) is 0.125. The maximum absolute atomic E-state index is 12.0. The van der Waals surface area contributed by atoms with Crippen LogP contribution in [0.2, 0.25) is 0 Å². The predicted molar refractivity (Wildman–Crippen MR) is 93.3 cm³/mol. The monoisotopic (exact) mass is 327 g/mol. The standard InChI is InChI=1S/C16H13N3OS2/c20-15(14-2-1-9-21-14)18-12-5-3-11(4-6-12)13-10-22-16-17-7-8-19(13)16/h1-6,9-10H,7-8H2,(H,18,20). The fourth-order valence-corrected chi connectivity index (χ4v) is 4.05. The number of thiophene rings is 1. The number of fused-ring (bicyclic) bond motifs is 1. The van der Waals surface area contributed by atoms with Gasteiger partial charge in [0.05, 0.1) is 17.1 Å². The van der Waals surface area contributed by atoms with E-state index >= 15 is 0 Å². The first-order valence-electron chi connectivity index (χ1n) is 6.95. The molecular formula is C16H13N3OS2. The molecule has 22 heavy (non-hydrogen) atoms. The third-order valence-electron chi connectivity index (χ3n) is 3.55. The Labute approximate surface area is 136 Å². The molecule has 1 aromatic heterocycles. The number of nitrogens with zero attached hydrogens (tertiary/aromatic N) is 2. The second-order valence-electron chi connectivity index (χ2n) is 4.95. The zero-order valence-corrected chi connectivity index (χ0v) is 13.3. The topological polar surface area (TPSA) is 44.7 Å². The zero-order valence-electron chi connectivity index (χ0n) is 11.7. The molecule has 6 heteroatoms. The predicted octanol–water partition coefficient (Wildman–Crippen LogP) is 3.72. The van der Waals surface area contributed by atoms with E-state index < -0.39 is 0 Å². The highest BCUT2D eigenvalue weighted by molar-refractivity contribution is 8.16. The number of rotatable bonds is 3. The lowest BCUT2D eigenvalue weighted by Crippen LogP contribution is -2.19. The van der Waals surface area contributed by atoms with Crippen molar-refractivity contribution in [2.45, 2.75) is 0 Å². The van der Waals surface area contributed by atoms with Gasteiger partial charge < -0.3 is 10.2 Å². The summed E-state index contributed by atoms with van der Waals surface area (Å²) in [6.45, 7) is 1.82. The van der Waals surface area contributed by atoms with Gasteiger partial charge in [0.1, 0.15) is 0 Å². The Morgan fingerprint density at radius 2 is 2.09 bits per heavy atom. The molecule has 0 spiro atoms. The van der Waals surface area contributed by atoms with Crippen molar-refractivity contribution < 1.29 is 4.79 Å². The van der Waals surface area contributed by atoms with E-state index in [9.17, 15) is 4.79 Å². The Balaban J connectivity index is 1.49. The number of carbonyl (C=O) groups is 1. The van der Waals surface area contributed by atoms with Crippen LogP contribution in [0.3, 0.4) is 0 Å². The minimum atomic E-state index is -0.0626. The van der Waals surface area contributed by atoms with Crippen molar-refractivity contribution >= 4 is 45.6 Å². The van der Waals surface area contributed by atoms with E-state index in [0.29, 0.717) is 0 Å². The molecule has 0 fully saturated rings. The molecule has 2 aliphatic heterocycles. The van der Waals surface area contributed by atoms with Gasteiger partial charge in [-0.25, -0.2) is 0 Å². The van der Waals surface area contributed by atoms with Gasteiger partial charge >= 0.3 is 0 Å². The largest absolute Gasteiger partial charge is 0.321 e. The maximum Gasteiger partial charge on any atom is 0.265 e. The van der Waals surface area contributed by atoms with Gasteiger partial charge in [-0.15, -0.1) is 11.3 Å². The lowest BCUT2D eigenvalue weighted by atomic mass is 10.1.